The Morgan fingerprint density at radius 3 is 2.09 bits per heavy atom. The Bertz CT molecular complexity index is 1260. The molecule has 0 atom stereocenters. The molecule has 0 fully saturated rings. The van der Waals surface area contributed by atoms with Crippen molar-refractivity contribution in [3.05, 3.63) is 89.5 Å². The number of amides is 2. The standard InChI is InChI=1S/C25H27N3O4S/c1-17(2)16-26-24(29)21-12-7-8-14-23(21)27-25(30)20-13-9-15-22(18(20)3)28-33(31,32)19-10-5-4-6-11-19/h4-15,17,28H,16H2,1-3H3,(H,26,29)(H,27,30). The van der Waals surface area contributed by atoms with E-state index in [4.69, 9.17) is 0 Å². The largest absolute Gasteiger partial charge is 0.352 e. The minimum Gasteiger partial charge on any atom is -0.352 e. The van der Waals surface area contributed by atoms with Gasteiger partial charge in [-0.15, -0.1) is 0 Å². The van der Waals surface area contributed by atoms with Crippen LogP contribution in [0.25, 0.3) is 0 Å². The lowest BCUT2D eigenvalue weighted by atomic mass is 10.1. The van der Waals surface area contributed by atoms with E-state index in [2.05, 4.69) is 15.4 Å². The van der Waals surface area contributed by atoms with Crippen LogP contribution in [0.15, 0.2) is 77.7 Å². The average molecular weight is 466 g/mol. The maximum Gasteiger partial charge on any atom is 0.261 e. The topological polar surface area (TPSA) is 104 Å². The van der Waals surface area contributed by atoms with Crippen LogP contribution in [0.5, 0.6) is 0 Å². The molecule has 0 aromatic heterocycles. The first-order chi connectivity index (χ1) is 15.7. The van der Waals surface area contributed by atoms with Crippen molar-refractivity contribution in [3.63, 3.8) is 0 Å². The van der Waals surface area contributed by atoms with Crippen molar-refractivity contribution in [3.8, 4) is 0 Å². The minimum absolute atomic E-state index is 0.126. The lowest BCUT2D eigenvalue weighted by Gasteiger charge is -2.15. The predicted octanol–water partition coefficient (Wildman–Crippen LogP) is 4.43. The number of hydrogen-bond donors (Lipinski definition) is 3. The highest BCUT2D eigenvalue weighted by atomic mass is 32.2. The molecular formula is C25H27N3O4S. The summed E-state index contributed by atoms with van der Waals surface area (Å²) in [5.74, 6) is -0.432. The number of rotatable bonds is 8. The maximum absolute atomic E-state index is 13.0. The summed E-state index contributed by atoms with van der Waals surface area (Å²) in [6.45, 7) is 6.17. The molecule has 0 bridgehead atoms. The van der Waals surface area contributed by atoms with E-state index in [0.717, 1.165) is 0 Å². The number of carbonyl (C=O) groups is 2. The zero-order valence-corrected chi connectivity index (χ0v) is 19.6. The monoisotopic (exact) mass is 465 g/mol. The Labute approximate surface area is 194 Å². The van der Waals surface area contributed by atoms with E-state index in [1.165, 1.54) is 12.1 Å². The molecule has 0 unspecified atom stereocenters. The highest BCUT2D eigenvalue weighted by Gasteiger charge is 2.19. The number of para-hydroxylation sites is 1. The van der Waals surface area contributed by atoms with E-state index in [0.29, 0.717) is 40.5 Å². The summed E-state index contributed by atoms with van der Waals surface area (Å²) in [4.78, 5) is 25.7. The Hall–Kier alpha value is -3.65. The maximum atomic E-state index is 13.0. The molecule has 3 aromatic rings. The first-order valence-electron chi connectivity index (χ1n) is 10.5. The van der Waals surface area contributed by atoms with Crippen molar-refractivity contribution in [2.45, 2.75) is 25.7 Å². The average Bonchev–Trinajstić information content (AvgIpc) is 2.79. The molecule has 0 radical (unpaired) electrons. The van der Waals surface area contributed by atoms with Gasteiger partial charge in [-0.1, -0.05) is 50.2 Å². The number of anilines is 2. The summed E-state index contributed by atoms with van der Waals surface area (Å²) < 4.78 is 27.9. The molecular weight excluding hydrogens is 438 g/mol. The fraction of sp³-hybridized carbons (Fsp3) is 0.200. The third-order valence-electron chi connectivity index (χ3n) is 4.97. The molecule has 8 heteroatoms. The third kappa shape index (κ3) is 5.98. The van der Waals surface area contributed by atoms with Crippen LogP contribution < -0.4 is 15.4 Å². The molecule has 0 saturated carbocycles. The molecule has 3 aromatic carbocycles. The lowest BCUT2D eigenvalue weighted by molar-refractivity contribution is 0.0950. The van der Waals surface area contributed by atoms with E-state index in [1.54, 1.807) is 67.6 Å². The molecule has 33 heavy (non-hydrogen) atoms. The van der Waals surface area contributed by atoms with Crippen LogP contribution in [0, 0.1) is 12.8 Å². The molecule has 0 spiro atoms. The zero-order chi connectivity index (χ0) is 24.0. The van der Waals surface area contributed by atoms with Gasteiger partial charge < -0.3 is 10.6 Å². The highest BCUT2D eigenvalue weighted by Crippen LogP contribution is 2.24. The van der Waals surface area contributed by atoms with Crippen LogP contribution in [0.1, 0.15) is 40.1 Å². The van der Waals surface area contributed by atoms with Crippen LogP contribution in [0.3, 0.4) is 0 Å². The molecule has 0 aliphatic heterocycles. The lowest BCUT2D eigenvalue weighted by Crippen LogP contribution is -2.28. The number of hydrogen-bond acceptors (Lipinski definition) is 4. The van der Waals surface area contributed by atoms with E-state index >= 15 is 0 Å². The van der Waals surface area contributed by atoms with Gasteiger partial charge >= 0.3 is 0 Å². The summed E-state index contributed by atoms with van der Waals surface area (Å²) in [5.41, 5.74) is 1.79. The second-order valence-electron chi connectivity index (χ2n) is 8.00. The van der Waals surface area contributed by atoms with Gasteiger partial charge in [0, 0.05) is 12.1 Å². The van der Waals surface area contributed by atoms with Gasteiger partial charge in [0.05, 0.1) is 21.8 Å². The van der Waals surface area contributed by atoms with Gasteiger partial charge in [-0.2, -0.15) is 0 Å². The van der Waals surface area contributed by atoms with Gasteiger partial charge in [0.2, 0.25) is 0 Å². The van der Waals surface area contributed by atoms with Crippen LogP contribution in [-0.4, -0.2) is 26.8 Å². The number of nitrogens with one attached hydrogen (secondary N) is 3. The zero-order valence-electron chi connectivity index (χ0n) is 18.8. The van der Waals surface area contributed by atoms with Gasteiger partial charge in [-0.05, 0) is 54.8 Å². The van der Waals surface area contributed by atoms with Gasteiger partial charge in [0.1, 0.15) is 0 Å². The van der Waals surface area contributed by atoms with E-state index < -0.39 is 15.9 Å². The van der Waals surface area contributed by atoms with Crippen molar-refractivity contribution >= 4 is 33.2 Å². The molecule has 3 N–H and O–H groups in total. The number of sulfonamides is 1. The minimum atomic E-state index is -3.80. The smallest absolute Gasteiger partial charge is 0.261 e. The van der Waals surface area contributed by atoms with Gasteiger partial charge in [0.25, 0.3) is 21.8 Å². The van der Waals surface area contributed by atoms with E-state index in [-0.39, 0.29) is 10.8 Å². The second-order valence-corrected chi connectivity index (χ2v) is 9.68. The van der Waals surface area contributed by atoms with Crippen molar-refractivity contribution in [1.29, 1.82) is 0 Å². The van der Waals surface area contributed by atoms with Gasteiger partial charge in [0.15, 0.2) is 0 Å². The quantitative estimate of drug-likeness (QED) is 0.458. The molecule has 7 nitrogen and oxygen atoms in total. The van der Waals surface area contributed by atoms with Crippen molar-refractivity contribution in [2.75, 3.05) is 16.6 Å². The van der Waals surface area contributed by atoms with Crippen LogP contribution in [0.2, 0.25) is 0 Å². The first kappa shape index (κ1) is 24.0. The van der Waals surface area contributed by atoms with Crippen molar-refractivity contribution < 1.29 is 18.0 Å². The predicted molar refractivity (Wildman–Crippen MR) is 130 cm³/mol. The molecule has 3 rings (SSSR count). The molecule has 0 aliphatic carbocycles. The summed E-state index contributed by atoms with van der Waals surface area (Å²) in [6.07, 6.45) is 0. The Morgan fingerprint density at radius 1 is 0.788 bits per heavy atom. The second kappa shape index (κ2) is 10.3. The Balaban J connectivity index is 1.83. The molecule has 0 heterocycles. The Kier molecular flexibility index (Phi) is 7.50. The van der Waals surface area contributed by atoms with E-state index in [1.807, 2.05) is 13.8 Å². The summed E-state index contributed by atoms with van der Waals surface area (Å²) in [6, 6.07) is 19.6. The van der Waals surface area contributed by atoms with Gasteiger partial charge in [-0.3, -0.25) is 14.3 Å². The van der Waals surface area contributed by atoms with Crippen molar-refractivity contribution in [1.82, 2.24) is 5.32 Å². The van der Waals surface area contributed by atoms with Crippen molar-refractivity contribution in [2.24, 2.45) is 5.92 Å². The molecule has 0 saturated heterocycles. The SMILES string of the molecule is Cc1c(NS(=O)(=O)c2ccccc2)cccc1C(=O)Nc1ccccc1C(=O)NCC(C)C. The van der Waals surface area contributed by atoms with Crippen LogP contribution in [0.4, 0.5) is 11.4 Å². The Morgan fingerprint density at radius 2 is 1.39 bits per heavy atom. The highest BCUT2D eigenvalue weighted by molar-refractivity contribution is 7.92. The summed E-state index contributed by atoms with van der Waals surface area (Å²) in [5, 5.41) is 5.63. The first-order valence-corrected chi connectivity index (χ1v) is 12.0. The number of carbonyl (C=O) groups excluding carboxylic acids is 2. The molecule has 0 aliphatic rings. The molecule has 2 amide bonds. The van der Waals surface area contributed by atoms with Crippen LogP contribution in [-0.2, 0) is 10.0 Å². The summed E-state index contributed by atoms with van der Waals surface area (Å²) >= 11 is 0. The summed E-state index contributed by atoms with van der Waals surface area (Å²) in [7, 11) is -3.80. The fourth-order valence-electron chi connectivity index (χ4n) is 3.17. The number of benzene rings is 3. The van der Waals surface area contributed by atoms with E-state index in [9.17, 15) is 18.0 Å². The normalized spacial score (nSPS) is 11.2. The molecule has 172 valence electrons. The van der Waals surface area contributed by atoms with Crippen LogP contribution >= 0.6 is 0 Å². The fourth-order valence-corrected chi connectivity index (χ4v) is 4.31. The van der Waals surface area contributed by atoms with Gasteiger partial charge in [-0.25, -0.2) is 8.42 Å². The third-order valence-corrected chi connectivity index (χ3v) is 6.35.